The van der Waals surface area contributed by atoms with Crippen molar-refractivity contribution in [3.63, 3.8) is 0 Å². The molecule has 0 saturated heterocycles. The summed E-state index contributed by atoms with van der Waals surface area (Å²) >= 11 is 6.31. The van der Waals surface area contributed by atoms with Crippen molar-refractivity contribution in [3.8, 4) is 24.3 Å². The number of aryl methyl sites for hydroxylation is 1. The number of amides is 2. The molecule has 340 valence electrons. The van der Waals surface area contributed by atoms with Crippen LogP contribution in [0.2, 0.25) is 5.02 Å². The number of nitrogens with zero attached hydrogens (tertiary/aromatic N) is 8. The van der Waals surface area contributed by atoms with Gasteiger partial charge in [0.25, 0.3) is 0 Å². The van der Waals surface area contributed by atoms with E-state index < -0.39 is 56.3 Å². The molecular weight excluding hydrogens is 867 g/mol. The van der Waals surface area contributed by atoms with Crippen LogP contribution in [0.4, 0.5) is 40.8 Å². The van der Waals surface area contributed by atoms with Crippen molar-refractivity contribution in [1.29, 1.82) is 21.0 Å². The molecule has 0 bridgehead atoms. The van der Waals surface area contributed by atoms with Gasteiger partial charge in [0.1, 0.15) is 29.0 Å². The SMILES string of the molecule is CCCCCCCCCCCCCCCCNS(=O)(=O)c1ccc(Cl)c(NC(=O)Nc2nn3c(c2C#N)C(C#N)=C(C(F)(F)F)/C3=N\c2ccc(N(CCC#N)CCC#N)cc2C)c1. The Bertz CT molecular complexity index is 2440. The van der Waals surface area contributed by atoms with E-state index in [1.165, 1.54) is 82.1 Å². The van der Waals surface area contributed by atoms with Gasteiger partial charge >= 0.3 is 12.2 Å². The first kappa shape index (κ1) is 50.7. The number of sulfonamides is 1. The van der Waals surface area contributed by atoms with Gasteiger partial charge in [0.05, 0.1) is 51.8 Å². The summed E-state index contributed by atoms with van der Waals surface area (Å²) in [5, 5.41) is 47.0. The quantitative estimate of drug-likeness (QED) is 0.0688. The molecule has 0 radical (unpaired) electrons. The highest BCUT2D eigenvalue weighted by Crippen LogP contribution is 2.42. The molecule has 2 amide bonds. The summed E-state index contributed by atoms with van der Waals surface area (Å²) in [7, 11) is -4.00. The number of hydrogen-bond acceptors (Lipinski definition) is 10. The highest BCUT2D eigenvalue weighted by atomic mass is 35.5. The number of rotatable bonds is 25. The fraction of sp³-hybridized carbons (Fsp3) is 0.489. The molecular formula is C45H53ClF3N11O3S. The van der Waals surface area contributed by atoms with Gasteiger partial charge in [-0.05, 0) is 55.3 Å². The van der Waals surface area contributed by atoms with Crippen LogP contribution in [-0.2, 0) is 10.0 Å². The van der Waals surface area contributed by atoms with Crippen LogP contribution >= 0.6 is 11.6 Å². The third-order valence-electron chi connectivity index (χ3n) is 10.6. The Morgan fingerprint density at radius 1 is 0.844 bits per heavy atom. The molecule has 0 unspecified atom stereocenters. The van der Waals surface area contributed by atoms with Crippen molar-refractivity contribution >= 4 is 61.9 Å². The molecule has 0 saturated carbocycles. The van der Waals surface area contributed by atoms with Gasteiger partial charge in [0.15, 0.2) is 11.7 Å². The highest BCUT2D eigenvalue weighted by Gasteiger charge is 2.48. The third-order valence-corrected chi connectivity index (χ3v) is 12.4. The fourth-order valence-corrected chi connectivity index (χ4v) is 8.53. The van der Waals surface area contributed by atoms with E-state index in [4.69, 9.17) is 22.1 Å². The molecule has 3 N–H and O–H groups in total. The van der Waals surface area contributed by atoms with Crippen LogP contribution in [0.3, 0.4) is 0 Å². The Morgan fingerprint density at radius 3 is 1.97 bits per heavy atom. The molecule has 1 aromatic heterocycles. The molecule has 1 aliphatic rings. The number of aromatic nitrogens is 2. The van der Waals surface area contributed by atoms with Crippen LogP contribution in [0.5, 0.6) is 0 Å². The summed E-state index contributed by atoms with van der Waals surface area (Å²) in [6.07, 6.45) is 11.6. The van der Waals surface area contributed by atoms with Gasteiger partial charge in [0.2, 0.25) is 10.0 Å². The molecule has 0 atom stereocenters. The minimum absolute atomic E-state index is 0.0347. The van der Waals surface area contributed by atoms with E-state index in [0.717, 1.165) is 31.7 Å². The Morgan fingerprint density at radius 2 is 1.44 bits per heavy atom. The number of nitrogens with one attached hydrogen (secondary N) is 3. The number of allylic oxidation sites excluding steroid dienone is 2. The van der Waals surface area contributed by atoms with Crippen LogP contribution in [0.15, 0.2) is 51.9 Å². The molecule has 4 rings (SSSR count). The van der Waals surface area contributed by atoms with E-state index in [1.54, 1.807) is 30.0 Å². The zero-order valence-corrected chi connectivity index (χ0v) is 37.7. The molecule has 1 aliphatic heterocycles. The standard InChI is InChI=1S/C45H53ClF3N11O3S/c1-3-4-5-6-7-8-9-10-11-12-13-14-15-16-25-54-64(62,63)34-20-21-37(46)39(29-34)56-44(61)57-42-36(31-53)41-35(30-52)40(45(47,48)49)43(60(41)58-42)55-38-22-19-33(28-32(38)2)59(26-17-23-50)27-18-24-51/h19-22,28-29,54H,3-18,25-27H2,1-2H3,(H2,56,57,58,61)/b55-43+. The summed E-state index contributed by atoms with van der Waals surface area (Å²) in [4.78, 5) is 19.2. The maximum atomic E-state index is 14.6. The molecule has 19 heteroatoms. The summed E-state index contributed by atoms with van der Waals surface area (Å²) in [6, 6.07) is 14.6. The van der Waals surface area contributed by atoms with Crippen LogP contribution < -0.4 is 20.3 Å². The zero-order chi connectivity index (χ0) is 46.7. The summed E-state index contributed by atoms with van der Waals surface area (Å²) in [5.41, 5.74) is -2.55. The van der Waals surface area contributed by atoms with E-state index >= 15 is 0 Å². The van der Waals surface area contributed by atoms with Crippen molar-refractivity contribution in [3.05, 3.63) is 63.8 Å². The maximum Gasteiger partial charge on any atom is 0.421 e. The predicted molar refractivity (Wildman–Crippen MR) is 241 cm³/mol. The monoisotopic (exact) mass is 919 g/mol. The smallest absolute Gasteiger partial charge is 0.369 e. The molecule has 0 aliphatic carbocycles. The van der Waals surface area contributed by atoms with Gasteiger partial charge in [-0.1, -0.05) is 102 Å². The van der Waals surface area contributed by atoms with Gasteiger partial charge < -0.3 is 10.2 Å². The lowest BCUT2D eigenvalue weighted by molar-refractivity contribution is -0.0854. The van der Waals surface area contributed by atoms with E-state index in [1.807, 2.05) is 12.1 Å². The van der Waals surface area contributed by atoms with Gasteiger partial charge in [-0.25, -0.2) is 27.6 Å². The number of halogens is 4. The average molecular weight is 921 g/mol. The topological polar surface area (TPSA) is 216 Å². The number of benzene rings is 2. The first-order chi connectivity index (χ1) is 30.7. The normalized spacial score (nSPS) is 12.9. The van der Waals surface area contributed by atoms with Crippen molar-refractivity contribution < 1.29 is 26.4 Å². The lowest BCUT2D eigenvalue weighted by Gasteiger charge is -2.23. The molecule has 2 aromatic carbocycles. The average Bonchev–Trinajstić information content (AvgIpc) is 3.76. The number of hydrogen-bond donors (Lipinski definition) is 3. The van der Waals surface area contributed by atoms with Gasteiger partial charge in [-0.3, -0.25) is 5.32 Å². The third kappa shape index (κ3) is 14.0. The molecule has 0 fully saturated rings. The molecule has 2 heterocycles. The second-order valence-electron chi connectivity index (χ2n) is 15.4. The van der Waals surface area contributed by atoms with Crippen molar-refractivity contribution in [2.45, 2.75) is 128 Å². The summed E-state index contributed by atoms with van der Waals surface area (Å²) < 4.78 is 73.5. The number of nitriles is 4. The minimum atomic E-state index is -5.12. The first-order valence-corrected chi connectivity index (χ1v) is 23.4. The number of unbranched alkanes of at least 4 members (excludes halogenated alkanes) is 13. The van der Waals surface area contributed by atoms with E-state index in [2.05, 4.69) is 32.4 Å². The predicted octanol–water partition coefficient (Wildman–Crippen LogP) is 11.2. The van der Waals surface area contributed by atoms with Crippen molar-refractivity contribution in [1.82, 2.24) is 14.5 Å². The van der Waals surface area contributed by atoms with Gasteiger partial charge in [-0.15, -0.1) is 5.10 Å². The molecule has 3 aromatic rings. The molecule has 64 heavy (non-hydrogen) atoms. The number of aliphatic imine (C=N–C) groups is 1. The Labute approximate surface area is 378 Å². The largest absolute Gasteiger partial charge is 0.421 e. The number of fused-ring (bicyclic) bond motifs is 1. The lowest BCUT2D eigenvalue weighted by Crippen LogP contribution is -2.26. The van der Waals surface area contributed by atoms with Crippen LogP contribution in [0.25, 0.3) is 5.57 Å². The number of anilines is 3. The summed E-state index contributed by atoms with van der Waals surface area (Å²) in [5.74, 6) is -1.34. The Balaban J connectivity index is 1.44. The molecule has 0 spiro atoms. The second kappa shape index (κ2) is 24.8. The fourth-order valence-electron chi connectivity index (χ4n) is 7.27. The van der Waals surface area contributed by atoms with E-state index in [0.29, 0.717) is 35.4 Å². The number of carbonyl (C=O) groups is 1. The van der Waals surface area contributed by atoms with Crippen LogP contribution in [0, 0.1) is 52.2 Å². The summed E-state index contributed by atoms with van der Waals surface area (Å²) in [6.45, 7) is 4.65. The minimum Gasteiger partial charge on any atom is -0.369 e. The number of carbonyl (C=O) groups excluding carboxylic acids is 1. The van der Waals surface area contributed by atoms with Crippen LogP contribution in [0.1, 0.15) is 126 Å². The maximum absolute atomic E-state index is 14.6. The zero-order valence-electron chi connectivity index (χ0n) is 36.1. The second-order valence-corrected chi connectivity index (χ2v) is 17.6. The number of alkyl halides is 3. The van der Waals surface area contributed by atoms with Gasteiger partial charge in [0, 0.05) is 25.3 Å². The highest BCUT2D eigenvalue weighted by molar-refractivity contribution is 7.89. The van der Waals surface area contributed by atoms with E-state index in [-0.39, 0.29) is 40.7 Å². The Kier molecular flexibility index (Phi) is 19.7. The van der Waals surface area contributed by atoms with Crippen molar-refractivity contribution in [2.75, 3.05) is 35.2 Å². The van der Waals surface area contributed by atoms with Crippen LogP contribution in [-0.4, -0.2) is 55.9 Å². The van der Waals surface area contributed by atoms with Crippen molar-refractivity contribution in [2.24, 2.45) is 4.99 Å². The Hall–Kier alpha value is -5.92. The number of urea groups is 1. The molecule has 14 nitrogen and oxygen atoms in total. The van der Waals surface area contributed by atoms with Gasteiger partial charge in [-0.2, -0.15) is 34.2 Å². The van der Waals surface area contributed by atoms with E-state index in [9.17, 15) is 36.9 Å². The lowest BCUT2D eigenvalue weighted by atomic mass is 10.0. The first-order valence-electron chi connectivity index (χ1n) is 21.5.